The average Bonchev–Trinajstić information content (AvgIpc) is 3.36. The summed E-state index contributed by atoms with van der Waals surface area (Å²) in [6.45, 7) is 4.86. The van der Waals surface area contributed by atoms with Crippen molar-refractivity contribution in [2.24, 2.45) is 0 Å². The predicted molar refractivity (Wildman–Crippen MR) is 94.3 cm³/mol. The fourth-order valence-electron chi connectivity index (χ4n) is 3.04. The van der Waals surface area contributed by atoms with Gasteiger partial charge in [-0.25, -0.2) is 4.39 Å². The summed E-state index contributed by atoms with van der Waals surface area (Å²) in [4.78, 5) is 20.6. The van der Waals surface area contributed by atoms with Gasteiger partial charge in [0.1, 0.15) is 12.1 Å². The van der Waals surface area contributed by atoms with Crippen LogP contribution >= 0.6 is 0 Å². The summed E-state index contributed by atoms with van der Waals surface area (Å²) in [6.07, 6.45) is 2.96. The zero-order chi connectivity index (χ0) is 18.8. The van der Waals surface area contributed by atoms with Gasteiger partial charge >= 0.3 is 0 Å². The minimum atomic E-state index is -0.294. The monoisotopic (exact) mass is 370 g/mol. The van der Waals surface area contributed by atoms with Gasteiger partial charge in [0, 0.05) is 31.7 Å². The molecule has 1 aliphatic heterocycles. The van der Waals surface area contributed by atoms with Crippen LogP contribution in [0.25, 0.3) is 11.4 Å². The maximum absolute atomic E-state index is 13.7. The van der Waals surface area contributed by atoms with Crippen molar-refractivity contribution in [1.29, 1.82) is 0 Å². The third kappa shape index (κ3) is 3.75. The molecule has 1 amide bonds. The highest BCUT2D eigenvalue weighted by atomic mass is 19.1. The number of rotatable bonds is 4. The Hall–Kier alpha value is -3.00. The van der Waals surface area contributed by atoms with Crippen LogP contribution in [0.15, 0.2) is 45.7 Å². The van der Waals surface area contributed by atoms with Crippen molar-refractivity contribution in [3.05, 3.63) is 59.6 Å². The highest BCUT2D eigenvalue weighted by molar-refractivity contribution is 5.93. The van der Waals surface area contributed by atoms with Gasteiger partial charge < -0.3 is 13.8 Å². The summed E-state index contributed by atoms with van der Waals surface area (Å²) in [5.74, 6) is 0.528. The summed E-state index contributed by atoms with van der Waals surface area (Å²) < 4.78 is 24.0. The summed E-state index contributed by atoms with van der Waals surface area (Å²) in [5.41, 5.74) is 1.73. The van der Waals surface area contributed by atoms with Crippen LogP contribution in [-0.2, 0) is 6.54 Å². The van der Waals surface area contributed by atoms with Crippen LogP contribution in [0.5, 0.6) is 0 Å². The lowest BCUT2D eigenvalue weighted by atomic mass is 10.1. The Bertz CT molecular complexity index is 930. The molecule has 0 saturated carbocycles. The van der Waals surface area contributed by atoms with E-state index < -0.39 is 0 Å². The van der Waals surface area contributed by atoms with Crippen LogP contribution in [-0.4, -0.2) is 52.0 Å². The zero-order valence-corrected chi connectivity index (χ0v) is 14.9. The lowest BCUT2D eigenvalue weighted by Crippen LogP contribution is -2.48. The summed E-state index contributed by atoms with van der Waals surface area (Å²) in [6, 6.07) is 6.54. The van der Waals surface area contributed by atoms with Crippen molar-refractivity contribution in [3.8, 4) is 11.4 Å². The van der Waals surface area contributed by atoms with E-state index in [9.17, 15) is 9.18 Å². The SMILES string of the molecule is Cc1ccc(-c2noc(CN3CCN(C(=O)c4ccoc4)CC3)n2)cc1F. The lowest BCUT2D eigenvalue weighted by molar-refractivity contribution is 0.0614. The zero-order valence-electron chi connectivity index (χ0n) is 14.9. The number of piperazine rings is 1. The molecule has 1 saturated heterocycles. The molecule has 0 bridgehead atoms. The molecule has 4 rings (SSSR count). The topological polar surface area (TPSA) is 75.6 Å². The largest absolute Gasteiger partial charge is 0.472 e. The highest BCUT2D eigenvalue weighted by Gasteiger charge is 2.24. The van der Waals surface area contributed by atoms with Gasteiger partial charge in [0.05, 0.1) is 18.4 Å². The highest BCUT2D eigenvalue weighted by Crippen LogP contribution is 2.20. The van der Waals surface area contributed by atoms with Gasteiger partial charge in [-0.05, 0) is 24.6 Å². The Morgan fingerprint density at radius 3 is 2.74 bits per heavy atom. The molecular formula is C19H19FN4O3. The fraction of sp³-hybridized carbons (Fsp3) is 0.316. The molecule has 3 aromatic rings. The maximum atomic E-state index is 13.7. The van der Waals surface area contributed by atoms with E-state index in [4.69, 9.17) is 8.94 Å². The van der Waals surface area contributed by atoms with E-state index >= 15 is 0 Å². The Labute approximate surface area is 155 Å². The Morgan fingerprint density at radius 2 is 2.04 bits per heavy atom. The predicted octanol–water partition coefficient (Wildman–Crippen LogP) is 2.74. The van der Waals surface area contributed by atoms with Crippen molar-refractivity contribution in [2.75, 3.05) is 26.2 Å². The molecule has 3 heterocycles. The molecule has 1 aliphatic rings. The number of benzene rings is 1. The number of carbonyl (C=O) groups excluding carboxylic acids is 1. The number of aromatic nitrogens is 2. The van der Waals surface area contributed by atoms with E-state index in [1.807, 2.05) is 0 Å². The van der Waals surface area contributed by atoms with Crippen molar-refractivity contribution < 1.29 is 18.1 Å². The Balaban J connectivity index is 1.35. The summed E-state index contributed by atoms with van der Waals surface area (Å²) in [5, 5.41) is 3.95. The molecule has 0 atom stereocenters. The molecule has 1 aromatic carbocycles. The molecule has 0 radical (unpaired) electrons. The molecule has 140 valence electrons. The van der Waals surface area contributed by atoms with Crippen molar-refractivity contribution in [2.45, 2.75) is 13.5 Å². The second-order valence-corrected chi connectivity index (χ2v) is 6.56. The second kappa shape index (κ2) is 7.32. The molecular weight excluding hydrogens is 351 g/mol. The quantitative estimate of drug-likeness (QED) is 0.703. The maximum Gasteiger partial charge on any atom is 0.257 e. The van der Waals surface area contributed by atoms with Gasteiger partial charge in [0.2, 0.25) is 11.7 Å². The van der Waals surface area contributed by atoms with Crippen molar-refractivity contribution in [1.82, 2.24) is 19.9 Å². The fourth-order valence-corrected chi connectivity index (χ4v) is 3.04. The van der Waals surface area contributed by atoms with E-state index in [0.29, 0.717) is 61.1 Å². The number of hydrogen-bond donors (Lipinski definition) is 0. The van der Waals surface area contributed by atoms with E-state index in [0.717, 1.165) is 0 Å². The van der Waals surface area contributed by atoms with E-state index in [1.54, 1.807) is 30.0 Å². The van der Waals surface area contributed by atoms with Gasteiger partial charge in [-0.2, -0.15) is 4.98 Å². The molecule has 0 aliphatic carbocycles. The third-order valence-corrected chi connectivity index (χ3v) is 4.68. The first-order valence-electron chi connectivity index (χ1n) is 8.73. The van der Waals surface area contributed by atoms with E-state index in [1.165, 1.54) is 18.6 Å². The second-order valence-electron chi connectivity index (χ2n) is 6.56. The van der Waals surface area contributed by atoms with Crippen LogP contribution in [0.1, 0.15) is 21.8 Å². The van der Waals surface area contributed by atoms with Crippen LogP contribution in [0, 0.1) is 12.7 Å². The molecule has 0 unspecified atom stereocenters. The van der Waals surface area contributed by atoms with Crippen LogP contribution < -0.4 is 0 Å². The number of nitrogens with zero attached hydrogens (tertiary/aromatic N) is 4. The first kappa shape index (κ1) is 17.4. The minimum Gasteiger partial charge on any atom is -0.472 e. The number of aryl methyl sites for hydroxylation is 1. The smallest absolute Gasteiger partial charge is 0.257 e. The van der Waals surface area contributed by atoms with Crippen LogP contribution in [0.2, 0.25) is 0 Å². The molecule has 27 heavy (non-hydrogen) atoms. The standard InChI is InChI=1S/C19H19FN4O3/c1-13-2-3-14(10-16(13)20)18-21-17(27-22-18)11-23-5-7-24(8-6-23)19(25)15-4-9-26-12-15/h2-4,9-10,12H,5-8,11H2,1H3. The first-order chi connectivity index (χ1) is 13.1. The number of carbonyl (C=O) groups is 1. The van der Waals surface area contributed by atoms with Gasteiger partial charge in [0.15, 0.2) is 0 Å². The minimum absolute atomic E-state index is 0.0233. The van der Waals surface area contributed by atoms with Gasteiger partial charge in [-0.15, -0.1) is 0 Å². The molecule has 1 fully saturated rings. The van der Waals surface area contributed by atoms with Gasteiger partial charge in [-0.3, -0.25) is 9.69 Å². The normalized spacial score (nSPS) is 15.3. The Kier molecular flexibility index (Phi) is 4.72. The molecule has 8 heteroatoms. The average molecular weight is 370 g/mol. The van der Waals surface area contributed by atoms with Crippen molar-refractivity contribution in [3.63, 3.8) is 0 Å². The van der Waals surface area contributed by atoms with Crippen LogP contribution in [0.3, 0.4) is 0 Å². The number of halogens is 1. The molecule has 7 nitrogen and oxygen atoms in total. The number of hydrogen-bond acceptors (Lipinski definition) is 6. The van der Waals surface area contributed by atoms with Crippen molar-refractivity contribution >= 4 is 5.91 Å². The third-order valence-electron chi connectivity index (χ3n) is 4.68. The van der Waals surface area contributed by atoms with E-state index in [2.05, 4.69) is 15.0 Å². The first-order valence-corrected chi connectivity index (χ1v) is 8.73. The van der Waals surface area contributed by atoms with Crippen LogP contribution in [0.4, 0.5) is 4.39 Å². The molecule has 2 aromatic heterocycles. The Morgan fingerprint density at radius 1 is 1.22 bits per heavy atom. The number of amides is 1. The molecule has 0 spiro atoms. The van der Waals surface area contributed by atoms with E-state index in [-0.39, 0.29) is 11.7 Å². The summed E-state index contributed by atoms with van der Waals surface area (Å²) in [7, 11) is 0. The number of furan rings is 1. The summed E-state index contributed by atoms with van der Waals surface area (Å²) >= 11 is 0. The van der Waals surface area contributed by atoms with Gasteiger partial charge in [-0.1, -0.05) is 17.3 Å². The lowest BCUT2D eigenvalue weighted by Gasteiger charge is -2.33. The molecule has 0 N–H and O–H groups in total. The van der Waals surface area contributed by atoms with Gasteiger partial charge in [0.25, 0.3) is 5.91 Å².